The first kappa shape index (κ1) is 18.0. The van der Waals surface area contributed by atoms with Crippen LogP contribution in [0.2, 0.25) is 0 Å². The van der Waals surface area contributed by atoms with Gasteiger partial charge in [0.1, 0.15) is 11.5 Å². The Kier molecular flexibility index (Phi) is 4.66. The molecule has 6 heteroatoms. The van der Waals surface area contributed by atoms with Crippen molar-refractivity contribution < 1.29 is 14.0 Å². The molecule has 0 radical (unpaired) electrons. The molecule has 1 atom stereocenters. The molecule has 1 aromatic heterocycles. The first-order valence-corrected chi connectivity index (χ1v) is 9.79. The van der Waals surface area contributed by atoms with Crippen molar-refractivity contribution in [3.05, 3.63) is 35.8 Å². The normalized spacial score (nSPS) is 21.2. The summed E-state index contributed by atoms with van der Waals surface area (Å²) in [7, 11) is 0. The number of nitrogens with one attached hydrogen (secondary N) is 1. The molecule has 1 saturated heterocycles. The van der Waals surface area contributed by atoms with Crippen LogP contribution in [0.3, 0.4) is 0 Å². The lowest BCUT2D eigenvalue weighted by Gasteiger charge is -2.34. The van der Waals surface area contributed by atoms with Crippen LogP contribution in [-0.4, -0.2) is 52.3 Å². The molecule has 1 aliphatic heterocycles. The molecule has 0 bridgehead atoms. The third kappa shape index (κ3) is 3.70. The lowest BCUT2D eigenvalue weighted by molar-refractivity contribution is -0.133. The second kappa shape index (κ2) is 6.98. The number of carbonyl (C=O) groups is 2. The van der Waals surface area contributed by atoms with Crippen molar-refractivity contribution in [1.29, 1.82) is 0 Å². The molecular weight excluding hydrogens is 345 g/mol. The van der Waals surface area contributed by atoms with Gasteiger partial charge in [-0.3, -0.25) is 9.59 Å². The largest absolute Gasteiger partial charge is 0.351 e. The Morgan fingerprint density at radius 2 is 2.07 bits per heavy atom. The second-order valence-electron chi connectivity index (χ2n) is 8.22. The van der Waals surface area contributed by atoms with Crippen LogP contribution >= 0.6 is 0 Å². The van der Waals surface area contributed by atoms with Gasteiger partial charge >= 0.3 is 0 Å². The van der Waals surface area contributed by atoms with Crippen LogP contribution in [0, 0.1) is 17.7 Å². The predicted octanol–water partition coefficient (Wildman–Crippen LogP) is 3.42. The quantitative estimate of drug-likeness (QED) is 0.895. The maximum atomic E-state index is 13.4. The topological polar surface area (TPSA) is 56.4 Å². The Bertz CT molecular complexity index is 871. The van der Waals surface area contributed by atoms with Gasteiger partial charge in [-0.25, -0.2) is 4.39 Å². The number of aromatic nitrogens is 1. The summed E-state index contributed by atoms with van der Waals surface area (Å²) in [5.74, 6) is 0.600. The van der Waals surface area contributed by atoms with E-state index in [-0.39, 0.29) is 29.6 Å². The third-order valence-electron chi connectivity index (χ3n) is 5.75. The number of fused-ring (bicyclic) bond motifs is 1. The van der Waals surface area contributed by atoms with E-state index in [2.05, 4.69) is 18.8 Å². The third-order valence-corrected chi connectivity index (χ3v) is 5.75. The van der Waals surface area contributed by atoms with Crippen molar-refractivity contribution in [2.24, 2.45) is 11.8 Å². The lowest BCUT2D eigenvalue weighted by Crippen LogP contribution is -2.48. The van der Waals surface area contributed by atoms with Crippen molar-refractivity contribution in [2.75, 3.05) is 19.6 Å². The minimum absolute atomic E-state index is 0.0337. The molecule has 1 saturated carbocycles. The summed E-state index contributed by atoms with van der Waals surface area (Å²) >= 11 is 0. The van der Waals surface area contributed by atoms with E-state index in [9.17, 15) is 14.0 Å². The number of rotatable bonds is 4. The number of hydrogen-bond acceptors (Lipinski definition) is 2. The number of carbonyl (C=O) groups excluding carboxylic acids is 2. The second-order valence-corrected chi connectivity index (χ2v) is 8.22. The highest BCUT2D eigenvalue weighted by molar-refractivity contribution is 5.98. The van der Waals surface area contributed by atoms with Crippen LogP contribution in [0.1, 0.15) is 43.6 Å². The Labute approximate surface area is 158 Å². The van der Waals surface area contributed by atoms with E-state index in [0.717, 1.165) is 12.1 Å². The number of hydrogen-bond donors (Lipinski definition) is 1. The van der Waals surface area contributed by atoms with Gasteiger partial charge < -0.3 is 14.8 Å². The van der Waals surface area contributed by atoms with Crippen LogP contribution in [0.4, 0.5) is 4.39 Å². The average molecular weight is 371 g/mol. The fraction of sp³-hybridized carbons (Fsp3) is 0.524. The van der Waals surface area contributed by atoms with Crippen molar-refractivity contribution >= 4 is 22.7 Å². The molecule has 4 rings (SSSR count). The van der Waals surface area contributed by atoms with Gasteiger partial charge in [-0.2, -0.15) is 0 Å². The molecule has 2 aromatic rings. The van der Waals surface area contributed by atoms with Crippen molar-refractivity contribution in [3.63, 3.8) is 0 Å². The molecule has 5 nitrogen and oxygen atoms in total. The van der Waals surface area contributed by atoms with Gasteiger partial charge in [-0.15, -0.1) is 0 Å². The van der Waals surface area contributed by atoms with Gasteiger partial charge in [0.15, 0.2) is 0 Å². The molecule has 144 valence electrons. The van der Waals surface area contributed by atoms with Crippen LogP contribution in [0.5, 0.6) is 0 Å². The minimum Gasteiger partial charge on any atom is -0.351 e. The summed E-state index contributed by atoms with van der Waals surface area (Å²) in [4.78, 5) is 32.7. The first-order valence-electron chi connectivity index (χ1n) is 9.79. The first-order chi connectivity index (χ1) is 12.9. The van der Waals surface area contributed by atoms with E-state index >= 15 is 0 Å². The maximum Gasteiger partial charge on any atom is 0.270 e. The highest BCUT2D eigenvalue weighted by Crippen LogP contribution is 2.32. The zero-order valence-electron chi connectivity index (χ0n) is 15.9. The smallest absolute Gasteiger partial charge is 0.270 e. The Hall–Kier alpha value is -2.37. The minimum atomic E-state index is -0.323. The number of benzene rings is 1. The van der Waals surface area contributed by atoms with E-state index in [1.54, 1.807) is 17.0 Å². The summed E-state index contributed by atoms with van der Waals surface area (Å²) < 4.78 is 13.4. The van der Waals surface area contributed by atoms with E-state index in [1.165, 1.54) is 25.0 Å². The standard InChI is InChI=1S/C21H26FN3O2/c1-13(2)19-12-24(8-7-20(26)25(19)11-14-3-4-14)21(27)18-10-15-9-16(22)5-6-17(15)23-18/h5-6,9-10,13-14,19,23H,3-4,7-8,11-12H2,1-2H3. The highest BCUT2D eigenvalue weighted by atomic mass is 19.1. The molecule has 0 spiro atoms. The van der Waals surface area contributed by atoms with Gasteiger partial charge in [-0.1, -0.05) is 13.8 Å². The molecule has 1 N–H and O–H groups in total. The number of nitrogens with zero attached hydrogens (tertiary/aromatic N) is 2. The molecule has 2 amide bonds. The number of aromatic amines is 1. The van der Waals surface area contributed by atoms with Crippen LogP contribution < -0.4 is 0 Å². The number of amides is 2. The van der Waals surface area contributed by atoms with Crippen LogP contribution in [0.25, 0.3) is 10.9 Å². The molecule has 2 heterocycles. The van der Waals surface area contributed by atoms with Crippen molar-refractivity contribution in [3.8, 4) is 0 Å². The monoisotopic (exact) mass is 371 g/mol. The molecule has 2 fully saturated rings. The zero-order valence-corrected chi connectivity index (χ0v) is 15.9. The van der Waals surface area contributed by atoms with Crippen molar-refractivity contribution in [1.82, 2.24) is 14.8 Å². The summed E-state index contributed by atoms with van der Waals surface area (Å²) in [6.07, 6.45) is 2.75. The van der Waals surface area contributed by atoms with E-state index in [0.29, 0.717) is 36.5 Å². The zero-order chi connectivity index (χ0) is 19.1. The maximum absolute atomic E-state index is 13.4. The van der Waals surface area contributed by atoms with Crippen molar-refractivity contribution in [2.45, 2.75) is 39.2 Å². The highest BCUT2D eigenvalue weighted by Gasteiger charge is 2.37. The Balaban J connectivity index is 1.57. The Morgan fingerprint density at radius 1 is 1.30 bits per heavy atom. The Morgan fingerprint density at radius 3 is 2.78 bits per heavy atom. The molecule has 1 unspecified atom stereocenters. The van der Waals surface area contributed by atoms with E-state index in [4.69, 9.17) is 0 Å². The van der Waals surface area contributed by atoms with Gasteiger partial charge in [0.05, 0.1) is 6.04 Å². The van der Waals surface area contributed by atoms with Gasteiger partial charge in [0.2, 0.25) is 5.91 Å². The van der Waals surface area contributed by atoms with Gasteiger partial charge in [-0.05, 0) is 48.9 Å². The fourth-order valence-electron chi connectivity index (χ4n) is 3.93. The van der Waals surface area contributed by atoms with E-state index < -0.39 is 0 Å². The predicted molar refractivity (Wildman–Crippen MR) is 102 cm³/mol. The van der Waals surface area contributed by atoms with Crippen LogP contribution in [-0.2, 0) is 4.79 Å². The molecule has 1 aromatic carbocycles. The van der Waals surface area contributed by atoms with Crippen LogP contribution in [0.15, 0.2) is 24.3 Å². The lowest BCUT2D eigenvalue weighted by atomic mass is 10.0. The average Bonchev–Trinajstić information content (AvgIpc) is 3.38. The summed E-state index contributed by atoms with van der Waals surface area (Å²) in [6, 6.07) is 6.17. The number of H-pyrrole nitrogens is 1. The van der Waals surface area contributed by atoms with Gasteiger partial charge in [0.25, 0.3) is 5.91 Å². The molecule has 27 heavy (non-hydrogen) atoms. The molecule has 1 aliphatic carbocycles. The number of halogens is 1. The summed E-state index contributed by atoms with van der Waals surface area (Å²) in [5, 5.41) is 0.681. The van der Waals surface area contributed by atoms with E-state index in [1.807, 2.05) is 4.90 Å². The molecule has 2 aliphatic rings. The fourth-order valence-corrected chi connectivity index (χ4v) is 3.93. The SMILES string of the molecule is CC(C)C1CN(C(=O)c2cc3cc(F)ccc3[nH]2)CCC(=O)N1CC1CC1. The summed E-state index contributed by atoms with van der Waals surface area (Å²) in [5.41, 5.74) is 1.18. The van der Waals surface area contributed by atoms with Gasteiger partial charge in [0, 0.05) is 37.0 Å². The molecular formula is C21H26FN3O2. The summed E-state index contributed by atoms with van der Waals surface area (Å²) in [6.45, 7) is 5.99.